The number of rotatable bonds is 6. The monoisotopic (exact) mass is 372 g/mol. The minimum Gasteiger partial charge on any atom is -0.444 e. The first-order chi connectivity index (χ1) is 13.7. The van der Waals surface area contributed by atoms with Gasteiger partial charge in [-0.3, -0.25) is 4.79 Å². The lowest BCUT2D eigenvalue weighted by molar-refractivity contribution is 0.0946. The Morgan fingerprint density at radius 1 is 1.07 bits per heavy atom. The number of aryl methyl sites for hydroxylation is 1. The van der Waals surface area contributed by atoms with Gasteiger partial charge in [-0.25, -0.2) is 9.67 Å². The molecule has 4 rings (SSSR count). The van der Waals surface area contributed by atoms with Crippen LogP contribution in [-0.4, -0.2) is 27.2 Å². The first-order valence-corrected chi connectivity index (χ1v) is 9.10. The molecule has 0 bridgehead atoms. The van der Waals surface area contributed by atoms with Gasteiger partial charge in [-0.05, 0) is 37.3 Å². The fourth-order valence-corrected chi connectivity index (χ4v) is 2.90. The number of oxazole rings is 1. The quantitative estimate of drug-likeness (QED) is 0.559. The van der Waals surface area contributed by atoms with Crippen LogP contribution in [-0.2, 0) is 6.42 Å². The first kappa shape index (κ1) is 17.7. The number of para-hydroxylation sites is 1. The third-order valence-electron chi connectivity index (χ3n) is 4.39. The van der Waals surface area contributed by atoms with E-state index >= 15 is 0 Å². The number of aromatic nitrogens is 3. The zero-order valence-electron chi connectivity index (χ0n) is 15.5. The summed E-state index contributed by atoms with van der Waals surface area (Å²) in [7, 11) is 0. The van der Waals surface area contributed by atoms with Crippen LogP contribution in [0.2, 0.25) is 0 Å². The molecule has 28 heavy (non-hydrogen) atoms. The van der Waals surface area contributed by atoms with Gasteiger partial charge < -0.3 is 9.73 Å². The van der Waals surface area contributed by atoms with Crippen LogP contribution in [0.5, 0.6) is 0 Å². The van der Waals surface area contributed by atoms with Crippen LogP contribution in [0, 0.1) is 6.92 Å². The highest BCUT2D eigenvalue weighted by Gasteiger charge is 2.13. The van der Waals surface area contributed by atoms with Crippen molar-refractivity contribution in [2.24, 2.45) is 0 Å². The van der Waals surface area contributed by atoms with E-state index in [4.69, 9.17) is 4.42 Å². The highest BCUT2D eigenvalue weighted by Crippen LogP contribution is 2.19. The molecule has 0 aliphatic rings. The van der Waals surface area contributed by atoms with Gasteiger partial charge in [0.15, 0.2) is 0 Å². The molecule has 0 unspecified atom stereocenters. The average Bonchev–Trinajstić information content (AvgIpc) is 3.39. The molecule has 1 N–H and O–H groups in total. The SMILES string of the molecule is Cc1ccc(-c2nc(CCNC(=O)c3ccnn3-c3ccccc3)co2)cc1. The van der Waals surface area contributed by atoms with Crippen molar-refractivity contribution in [1.29, 1.82) is 0 Å². The summed E-state index contributed by atoms with van der Waals surface area (Å²) in [6, 6.07) is 19.3. The van der Waals surface area contributed by atoms with Crippen molar-refractivity contribution in [2.75, 3.05) is 6.54 Å². The van der Waals surface area contributed by atoms with E-state index in [-0.39, 0.29) is 5.91 Å². The molecule has 4 aromatic rings. The smallest absolute Gasteiger partial charge is 0.270 e. The number of amides is 1. The molecule has 140 valence electrons. The maximum atomic E-state index is 12.5. The predicted octanol–water partition coefficient (Wildman–Crippen LogP) is 3.81. The van der Waals surface area contributed by atoms with E-state index in [1.54, 1.807) is 23.2 Å². The van der Waals surface area contributed by atoms with Gasteiger partial charge in [0.05, 0.1) is 17.6 Å². The van der Waals surface area contributed by atoms with Crippen LogP contribution in [0.25, 0.3) is 17.1 Å². The molecule has 0 saturated carbocycles. The first-order valence-electron chi connectivity index (χ1n) is 9.10. The van der Waals surface area contributed by atoms with Gasteiger partial charge in [-0.2, -0.15) is 5.10 Å². The maximum absolute atomic E-state index is 12.5. The number of nitrogens with one attached hydrogen (secondary N) is 1. The van der Waals surface area contributed by atoms with Gasteiger partial charge in [0.1, 0.15) is 12.0 Å². The number of carbonyl (C=O) groups is 1. The number of nitrogens with zero attached hydrogens (tertiary/aromatic N) is 3. The highest BCUT2D eigenvalue weighted by atomic mass is 16.3. The van der Waals surface area contributed by atoms with E-state index in [1.165, 1.54) is 5.56 Å². The van der Waals surface area contributed by atoms with Crippen LogP contribution >= 0.6 is 0 Å². The van der Waals surface area contributed by atoms with Crippen molar-refractivity contribution >= 4 is 5.91 Å². The van der Waals surface area contributed by atoms with Gasteiger partial charge in [0, 0.05) is 18.5 Å². The standard InChI is InChI=1S/C22H20N4O2/c1-16-7-9-17(10-8-16)22-25-18(15-28-22)11-13-23-21(27)20-12-14-24-26(20)19-5-3-2-4-6-19/h2-10,12,14-15H,11,13H2,1H3,(H,23,27). The predicted molar refractivity (Wildman–Crippen MR) is 106 cm³/mol. The Hall–Kier alpha value is -3.67. The van der Waals surface area contributed by atoms with Crippen molar-refractivity contribution in [2.45, 2.75) is 13.3 Å². The van der Waals surface area contributed by atoms with E-state index in [2.05, 4.69) is 15.4 Å². The molecule has 0 radical (unpaired) electrons. The topological polar surface area (TPSA) is 73.0 Å². The van der Waals surface area contributed by atoms with Gasteiger partial charge in [-0.15, -0.1) is 0 Å². The lowest BCUT2D eigenvalue weighted by atomic mass is 10.1. The third-order valence-corrected chi connectivity index (χ3v) is 4.39. The molecule has 0 atom stereocenters. The molecule has 0 aliphatic heterocycles. The van der Waals surface area contributed by atoms with Crippen LogP contribution in [0.15, 0.2) is 77.5 Å². The fourth-order valence-electron chi connectivity index (χ4n) is 2.90. The van der Waals surface area contributed by atoms with Crippen LogP contribution in [0.4, 0.5) is 0 Å². The summed E-state index contributed by atoms with van der Waals surface area (Å²) in [6.07, 6.45) is 3.84. The normalized spacial score (nSPS) is 10.8. The largest absolute Gasteiger partial charge is 0.444 e. The fraction of sp³-hybridized carbons (Fsp3) is 0.136. The van der Waals surface area contributed by atoms with Crippen LogP contribution in [0.1, 0.15) is 21.7 Å². The zero-order chi connectivity index (χ0) is 19.3. The number of carbonyl (C=O) groups excluding carboxylic acids is 1. The zero-order valence-corrected chi connectivity index (χ0v) is 15.5. The molecule has 2 heterocycles. The van der Waals surface area contributed by atoms with E-state index in [0.717, 1.165) is 16.9 Å². The van der Waals surface area contributed by atoms with Crippen molar-refractivity contribution in [3.05, 3.63) is 90.1 Å². The van der Waals surface area contributed by atoms with Crippen molar-refractivity contribution < 1.29 is 9.21 Å². The van der Waals surface area contributed by atoms with Crippen LogP contribution < -0.4 is 5.32 Å². The Morgan fingerprint density at radius 2 is 1.86 bits per heavy atom. The Labute approximate surface area is 162 Å². The number of hydrogen-bond donors (Lipinski definition) is 1. The molecule has 6 heteroatoms. The second kappa shape index (κ2) is 7.92. The summed E-state index contributed by atoms with van der Waals surface area (Å²) in [5.41, 5.74) is 4.26. The van der Waals surface area contributed by atoms with E-state index in [9.17, 15) is 4.79 Å². The average molecular weight is 372 g/mol. The van der Waals surface area contributed by atoms with Gasteiger partial charge in [-0.1, -0.05) is 35.9 Å². The van der Waals surface area contributed by atoms with Gasteiger partial charge >= 0.3 is 0 Å². The summed E-state index contributed by atoms with van der Waals surface area (Å²) in [5, 5.41) is 7.16. The minimum absolute atomic E-state index is 0.177. The lowest BCUT2D eigenvalue weighted by Crippen LogP contribution is -2.27. The Morgan fingerprint density at radius 3 is 2.64 bits per heavy atom. The van der Waals surface area contributed by atoms with E-state index < -0.39 is 0 Å². The van der Waals surface area contributed by atoms with Gasteiger partial charge in [0.25, 0.3) is 5.91 Å². The summed E-state index contributed by atoms with van der Waals surface area (Å²) in [6.45, 7) is 2.50. The summed E-state index contributed by atoms with van der Waals surface area (Å²) in [4.78, 5) is 17.0. The van der Waals surface area contributed by atoms with E-state index in [0.29, 0.717) is 24.6 Å². The molecule has 6 nitrogen and oxygen atoms in total. The second-order valence-corrected chi connectivity index (χ2v) is 6.48. The molecule has 0 saturated heterocycles. The molecule has 0 aliphatic carbocycles. The Balaban J connectivity index is 1.37. The summed E-state index contributed by atoms with van der Waals surface area (Å²) >= 11 is 0. The van der Waals surface area contributed by atoms with Crippen molar-refractivity contribution in [3.63, 3.8) is 0 Å². The molecule has 2 aromatic carbocycles. The highest BCUT2D eigenvalue weighted by molar-refractivity contribution is 5.93. The summed E-state index contributed by atoms with van der Waals surface area (Å²) in [5.74, 6) is 0.409. The summed E-state index contributed by atoms with van der Waals surface area (Å²) < 4.78 is 7.19. The van der Waals surface area contributed by atoms with Gasteiger partial charge in [0.2, 0.25) is 5.89 Å². The number of hydrogen-bond acceptors (Lipinski definition) is 4. The Kier molecular flexibility index (Phi) is 5.01. The second-order valence-electron chi connectivity index (χ2n) is 6.48. The maximum Gasteiger partial charge on any atom is 0.270 e. The minimum atomic E-state index is -0.177. The Bertz CT molecular complexity index is 1070. The lowest BCUT2D eigenvalue weighted by Gasteiger charge is -2.07. The molecular formula is C22H20N4O2. The van der Waals surface area contributed by atoms with E-state index in [1.807, 2.05) is 61.5 Å². The molecular weight excluding hydrogens is 352 g/mol. The molecule has 1 amide bonds. The van der Waals surface area contributed by atoms with Crippen molar-refractivity contribution in [3.8, 4) is 17.1 Å². The molecule has 0 spiro atoms. The number of benzene rings is 2. The van der Waals surface area contributed by atoms with Crippen LogP contribution in [0.3, 0.4) is 0 Å². The molecule has 0 fully saturated rings. The molecule has 2 aromatic heterocycles. The van der Waals surface area contributed by atoms with Crippen molar-refractivity contribution in [1.82, 2.24) is 20.1 Å². The third kappa shape index (κ3) is 3.86.